The second-order valence-electron chi connectivity index (χ2n) is 4.59. The van der Waals surface area contributed by atoms with Gasteiger partial charge < -0.3 is 0 Å². The maximum absolute atomic E-state index is 2.24. The number of aryl methyl sites for hydroxylation is 4. The van der Waals surface area contributed by atoms with Gasteiger partial charge in [0.05, 0.1) is 0 Å². The van der Waals surface area contributed by atoms with Crippen LogP contribution in [0, 0.1) is 27.7 Å². The first-order chi connectivity index (χ1) is 8.56. The fraction of sp³-hybridized carbons (Fsp3) is 0.250. The molecule has 94 valence electrons. The summed E-state index contributed by atoms with van der Waals surface area (Å²) in [5, 5.41) is 3.54. The highest BCUT2D eigenvalue weighted by molar-refractivity contribution is 7.19. The Morgan fingerprint density at radius 3 is 2.17 bits per heavy atom. The lowest BCUT2D eigenvalue weighted by Crippen LogP contribution is -1.67. The second-order valence-corrected chi connectivity index (χ2v) is 6.96. The lowest BCUT2D eigenvalue weighted by Gasteiger charge is -1.91. The number of thiophene rings is 2. The largest absolute Gasteiger partial charge is 0.149 e. The summed E-state index contributed by atoms with van der Waals surface area (Å²) in [6.07, 6.45) is 0. The van der Waals surface area contributed by atoms with E-state index in [1.807, 2.05) is 11.3 Å². The lowest BCUT2D eigenvalue weighted by molar-refractivity contribution is 1.51. The van der Waals surface area contributed by atoms with Gasteiger partial charge in [-0.25, -0.2) is 0 Å². The molecule has 0 atom stereocenters. The molecule has 2 heterocycles. The Morgan fingerprint density at radius 2 is 1.67 bits per heavy atom. The van der Waals surface area contributed by atoms with Crippen molar-refractivity contribution in [1.82, 2.24) is 0 Å². The van der Waals surface area contributed by atoms with Gasteiger partial charge >= 0.3 is 0 Å². The summed E-state index contributed by atoms with van der Waals surface area (Å²) >= 11 is 3.68. The van der Waals surface area contributed by atoms with E-state index in [1.165, 1.54) is 31.0 Å². The molecule has 2 heteroatoms. The van der Waals surface area contributed by atoms with E-state index < -0.39 is 0 Å². The van der Waals surface area contributed by atoms with Crippen LogP contribution in [0.5, 0.6) is 0 Å². The van der Waals surface area contributed by atoms with Crippen LogP contribution in [-0.4, -0.2) is 0 Å². The quantitative estimate of drug-likeness (QED) is 0.480. The van der Waals surface area contributed by atoms with Gasteiger partial charge in [0.2, 0.25) is 0 Å². The fourth-order valence-corrected chi connectivity index (χ4v) is 3.59. The molecule has 2 aromatic heterocycles. The van der Waals surface area contributed by atoms with Gasteiger partial charge in [-0.1, -0.05) is 18.2 Å². The molecule has 18 heavy (non-hydrogen) atoms. The summed E-state index contributed by atoms with van der Waals surface area (Å²) in [5.41, 5.74) is 2.77. The molecule has 0 unspecified atom stereocenters. The minimum Gasteiger partial charge on any atom is -0.149 e. The molecule has 3 aromatic rings. The molecule has 0 fully saturated rings. The Kier molecular flexibility index (Phi) is 4.20. The minimum atomic E-state index is 1.38. The highest BCUT2D eigenvalue weighted by atomic mass is 32.1. The number of benzene rings is 1. The van der Waals surface area contributed by atoms with Gasteiger partial charge in [-0.15, -0.1) is 22.7 Å². The van der Waals surface area contributed by atoms with Gasteiger partial charge in [-0.2, -0.15) is 0 Å². The van der Waals surface area contributed by atoms with Crippen LogP contribution in [0.3, 0.4) is 0 Å². The van der Waals surface area contributed by atoms with Crippen LogP contribution in [0.4, 0.5) is 0 Å². The van der Waals surface area contributed by atoms with Crippen LogP contribution in [-0.2, 0) is 0 Å². The summed E-state index contributed by atoms with van der Waals surface area (Å²) in [5.74, 6) is 0. The van der Waals surface area contributed by atoms with E-state index in [9.17, 15) is 0 Å². The van der Waals surface area contributed by atoms with Crippen LogP contribution < -0.4 is 0 Å². The Hall–Kier alpha value is -1.12. The molecule has 0 saturated carbocycles. The Bertz CT molecular complexity index is 627. The number of rotatable bonds is 0. The van der Waals surface area contributed by atoms with Crippen molar-refractivity contribution in [3.8, 4) is 0 Å². The molecule has 1 aromatic carbocycles. The standard InChI is InChI=1S/C10H10S.C6H8S/c1-7-4-3-5-9-6-8(2)11-10(7)9;1-5-3-6(2)7-4-5/h3-6H,1-2H3;3-4H,1-2H3. The summed E-state index contributed by atoms with van der Waals surface area (Å²) in [4.78, 5) is 2.80. The van der Waals surface area contributed by atoms with Crippen LogP contribution in [0.25, 0.3) is 10.1 Å². The molecule has 0 amide bonds. The van der Waals surface area contributed by atoms with Crippen LogP contribution in [0.15, 0.2) is 35.7 Å². The topological polar surface area (TPSA) is 0 Å². The number of hydrogen-bond donors (Lipinski definition) is 0. The predicted molar refractivity (Wildman–Crippen MR) is 85.1 cm³/mol. The summed E-state index contributed by atoms with van der Waals surface area (Å²) in [6.45, 7) is 8.56. The zero-order valence-corrected chi connectivity index (χ0v) is 12.9. The normalized spacial score (nSPS) is 10.2. The third kappa shape index (κ3) is 3.21. The Labute approximate surface area is 117 Å². The monoisotopic (exact) mass is 274 g/mol. The molecule has 0 nitrogen and oxygen atoms in total. The molecular weight excluding hydrogens is 256 g/mol. The van der Waals surface area contributed by atoms with Crippen LogP contribution in [0.1, 0.15) is 20.9 Å². The van der Waals surface area contributed by atoms with E-state index in [-0.39, 0.29) is 0 Å². The van der Waals surface area contributed by atoms with E-state index >= 15 is 0 Å². The molecule has 0 aliphatic carbocycles. The van der Waals surface area contributed by atoms with Crippen molar-refractivity contribution in [2.75, 3.05) is 0 Å². The Morgan fingerprint density at radius 1 is 0.889 bits per heavy atom. The highest BCUT2D eigenvalue weighted by Gasteiger charge is 1.98. The third-order valence-electron chi connectivity index (χ3n) is 2.73. The van der Waals surface area contributed by atoms with E-state index in [1.54, 1.807) is 11.3 Å². The van der Waals surface area contributed by atoms with E-state index in [4.69, 9.17) is 0 Å². The zero-order valence-electron chi connectivity index (χ0n) is 11.3. The molecule has 0 aliphatic rings. The first-order valence-corrected chi connectivity index (χ1v) is 7.73. The average Bonchev–Trinajstić information content (AvgIpc) is 2.86. The summed E-state index contributed by atoms with van der Waals surface area (Å²) in [7, 11) is 0. The van der Waals surface area contributed by atoms with Gasteiger partial charge in [0, 0.05) is 14.5 Å². The van der Waals surface area contributed by atoms with E-state index in [0.717, 1.165) is 0 Å². The third-order valence-corrected chi connectivity index (χ3v) is 4.91. The summed E-state index contributed by atoms with van der Waals surface area (Å²) < 4.78 is 1.44. The van der Waals surface area contributed by atoms with Gasteiger partial charge in [0.1, 0.15) is 0 Å². The van der Waals surface area contributed by atoms with E-state index in [0.29, 0.717) is 0 Å². The lowest BCUT2D eigenvalue weighted by atomic mass is 10.2. The molecule has 0 radical (unpaired) electrons. The maximum atomic E-state index is 2.24. The number of fused-ring (bicyclic) bond motifs is 1. The van der Waals surface area contributed by atoms with Crippen molar-refractivity contribution in [2.45, 2.75) is 27.7 Å². The smallest absolute Gasteiger partial charge is 0.0374 e. The van der Waals surface area contributed by atoms with Gasteiger partial charge in [-0.3, -0.25) is 0 Å². The van der Waals surface area contributed by atoms with Crippen molar-refractivity contribution in [2.24, 2.45) is 0 Å². The van der Waals surface area contributed by atoms with Crippen molar-refractivity contribution < 1.29 is 0 Å². The van der Waals surface area contributed by atoms with Gasteiger partial charge in [-0.05, 0) is 61.7 Å². The van der Waals surface area contributed by atoms with Crippen molar-refractivity contribution in [1.29, 1.82) is 0 Å². The maximum Gasteiger partial charge on any atom is 0.0374 e. The Balaban J connectivity index is 0.000000149. The molecule has 0 spiro atoms. The first-order valence-electron chi connectivity index (χ1n) is 6.04. The van der Waals surface area contributed by atoms with Gasteiger partial charge in [0.25, 0.3) is 0 Å². The SMILES string of the molecule is Cc1cc2cccc(C)c2s1.Cc1csc(C)c1. The van der Waals surface area contributed by atoms with Gasteiger partial charge in [0.15, 0.2) is 0 Å². The molecule has 0 saturated heterocycles. The molecule has 0 N–H and O–H groups in total. The van der Waals surface area contributed by atoms with Crippen molar-refractivity contribution >= 4 is 32.8 Å². The van der Waals surface area contributed by atoms with Crippen molar-refractivity contribution in [3.05, 3.63) is 56.6 Å². The summed E-state index contributed by atoms with van der Waals surface area (Å²) in [6, 6.07) is 10.9. The zero-order chi connectivity index (χ0) is 13.1. The highest BCUT2D eigenvalue weighted by Crippen LogP contribution is 2.27. The minimum absolute atomic E-state index is 1.38. The first kappa shape index (κ1) is 13.3. The average molecular weight is 274 g/mol. The second kappa shape index (κ2) is 5.68. The van der Waals surface area contributed by atoms with E-state index in [2.05, 4.69) is 63.4 Å². The molecule has 0 bridgehead atoms. The van der Waals surface area contributed by atoms with Crippen LogP contribution in [0.2, 0.25) is 0 Å². The van der Waals surface area contributed by atoms with Crippen molar-refractivity contribution in [3.63, 3.8) is 0 Å². The molecular formula is C16H18S2. The fourth-order valence-electron chi connectivity index (χ4n) is 1.91. The molecule has 0 aliphatic heterocycles. The number of hydrogen-bond acceptors (Lipinski definition) is 2. The molecule has 3 rings (SSSR count). The predicted octanol–water partition coefficient (Wildman–Crippen LogP) is 5.88. The van der Waals surface area contributed by atoms with Crippen LogP contribution >= 0.6 is 22.7 Å².